The van der Waals surface area contributed by atoms with Gasteiger partial charge >= 0.3 is 42.7 Å². The summed E-state index contributed by atoms with van der Waals surface area (Å²) in [7, 11) is -12.3. The number of esters is 2. The summed E-state index contributed by atoms with van der Waals surface area (Å²) in [6.07, 6.45) is 0. The number of halogens is 4. The third-order valence-electron chi connectivity index (χ3n) is 1.67. The van der Waals surface area contributed by atoms with Crippen LogP contribution in [0.4, 0.5) is 17.6 Å². The van der Waals surface area contributed by atoms with Gasteiger partial charge in [0.2, 0.25) is 0 Å². The molecule has 0 aliphatic rings. The van der Waals surface area contributed by atoms with Crippen LogP contribution in [0.3, 0.4) is 0 Å². The second-order valence-electron chi connectivity index (χ2n) is 3.26. The first-order valence-electron chi connectivity index (χ1n) is 4.59. The molecular weight excluding hydrogens is 372 g/mol. The van der Waals surface area contributed by atoms with E-state index in [4.69, 9.17) is 9.11 Å². The first-order chi connectivity index (χ1) is 9.55. The summed E-state index contributed by atoms with van der Waals surface area (Å²) in [6, 6.07) is 0. The number of carbonyl (C=O) groups excluding carboxylic acids is 2. The van der Waals surface area contributed by atoms with Gasteiger partial charge in [-0.15, -0.1) is 0 Å². The summed E-state index contributed by atoms with van der Waals surface area (Å²) >= 11 is 0. The second-order valence-corrected chi connectivity index (χ2v) is 6.18. The van der Waals surface area contributed by atoms with Crippen LogP contribution in [0.25, 0.3) is 0 Å². The Balaban J connectivity index is 4.54. The number of hydrogen-bond acceptors (Lipinski definition) is 8. The van der Waals surface area contributed by atoms with Crippen LogP contribution >= 0.6 is 0 Å². The van der Waals surface area contributed by atoms with Gasteiger partial charge in [-0.25, -0.2) is 9.59 Å². The Bertz CT molecular complexity index is 593. The molecule has 0 atom stereocenters. The van der Waals surface area contributed by atoms with E-state index in [1.54, 1.807) is 0 Å². The number of alkyl halides is 4. The van der Waals surface area contributed by atoms with Crippen molar-refractivity contribution >= 4 is 32.2 Å². The third kappa shape index (κ3) is 4.49. The van der Waals surface area contributed by atoms with Gasteiger partial charge in [0.05, 0.1) is 0 Å². The van der Waals surface area contributed by atoms with Gasteiger partial charge in [0.1, 0.15) is 13.2 Å². The summed E-state index contributed by atoms with van der Waals surface area (Å²) in [6.45, 7) is -2.76. The highest BCUT2D eigenvalue weighted by molar-refractivity contribution is 7.88. The predicted molar refractivity (Wildman–Crippen MR) is 54.9 cm³/mol. The fourth-order valence-corrected chi connectivity index (χ4v) is 1.19. The van der Waals surface area contributed by atoms with Gasteiger partial charge < -0.3 is 9.47 Å². The Morgan fingerprint density at radius 2 is 1.00 bits per heavy atom. The lowest BCUT2D eigenvalue weighted by Crippen LogP contribution is -2.41. The zero-order chi connectivity index (χ0) is 18.0. The summed E-state index contributed by atoms with van der Waals surface area (Å²) in [5, 5.41) is -10.7. The number of hydrogen-bond donors (Lipinski definition) is 2. The molecule has 0 aromatic rings. The van der Waals surface area contributed by atoms with E-state index >= 15 is 0 Å². The normalized spacial score (nSPS) is 13.5. The van der Waals surface area contributed by atoms with Crippen LogP contribution in [0.5, 0.6) is 0 Å². The van der Waals surface area contributed by atoms with Crippen molar-refractivity contribution in [2.24, 2.45) is 0 Å². The van der Waals surface area contributed by atoms with E-state index in [0.29, 0.717) is 0 Å². The van der Waals surface area contributed by atoms with Crippen molar-refractivity contribution in [3.05, 3.63) is 0 Å². The number of rotatable bonds is 7. The minimum Gasteiger partial charge on any atom is -0.457 e. The molecule has 0 aromatic heterocycles. The average molecular weight is 378 g/mol. The molecule has 0 aliphatic carbocycles. The molecule has 0 rings (SSSR count). The zero-order valence-corrected chi connectivity index (χ0v) is 11.5. The topological polar surface area (TPSA) is 161 Å². The molecule has 0 radical (unpaired) electrons. The monoisotopic (exact) mass is 378 g/mol. The van der Waals surface area contributed by atoms with Crippen LogP contribution in [0.2, 0.25) is 0 Å². The van der Waals surface area contributed by atoms with Crippen molar-refractivity contribution < 1.29 is 62.6 Å². The molecule has 0 heterocycles. The highest BCUT2D eigenvalue weighted by Gasteiger charge is 2.55. The summed E-state index contributed by atoms with van der Waals surface area (Å²) in [4.78, 5) is 21.2. The van der Waals surface area contributed by atoms with E-state index in [2.05, 4.69) is 9.47 Å². The SMILES string of the molecule is O=C(OCCOC(=O)C(F)(F)S(=O)(=O)O)C(F)(F)S(=O)(=O)O. The van der Waals surface area contributed by atoms with Crippen molar-refractivity contribution in [3.8, 4) is 0 Å². The molecule has 0 spiro atoms. The van der Waals surface area contributed by atoms with Crippen LogP contribution in [0.15, 0.2) is 0 Å². The molecule has 10 nitrogen and oxygen atoms in total. The van der Waals surface area contributed by atoms with Crippen LogP contribution < -0.4 is 0 Å². The second kappa shape index (κ2) is 6.31. The summed E-state index contributed by atoms with van der Waals surface area (Å²) < 4.78 is 114. The van der Waals surface area contributed by atoms with E-state index in [-0.39, 0.29) is 0 Å². The van der Waals surface area contributed by atoms with E-state index < -0.39 is 55.9 Å². The third-order valence-corrected chi connectivity index (χ3v) is 3.30. The predicted octanol–water partition coefficient (Wildman–Crippen LogP) is -0.966. The first-order valence-corrected chi connectivity index (χ1v) is 7.47. The lowest BCUT2D eigenvalue weighted by Gasteiger charge is -2.13. The molecule has 130 valence electrons. The molecule has 22 heavy (non-hydrogen) atoms. The largest absolute Gasteiger partial charge is 0.465 e. The smallest absolute Gasteiger partial charge is 0.457 e. The van der Waals surface area contributed by atoms with E-state index in [9.17, 15) is 44.0 Å². The van der Waals surface area contributed by atoms with Crippen molar-refractivity contribution in [3.63, 3.8) is 0 Å². The van der Waals surface area contributed by atoms with E-state index in [1.165, 1.54) is 0 Å². The molecular formula is C6H6F4O10S2. The summed E-state index contributed by atoms with van der Waals surface area (Å²) in [5.41, 5.74) is 0. The molecule has 2 N–H and O–H groups in total. The Labute approximate surface area is 119 Å². The lowest BCUT2D eigenvalue weighted by molar-refractivity contribution is -0.170. The van der Waals surface area contributed by atoms with E-state index in [0.717, 1.165) is 0 Å². The highest BCUT2D eigenvalue weighted by Crippen LogP contribution is 2.23. The van der Waals surface area contributed by atoms with Crippen LogP contribution in [-0.4, -0.2) is 61.6 Å². The maximum Gasteiger partial charge on any atom is 0.465 e. The molecule has 0 unspecified atom stereocenters. The standard InChI is InChI=1S/C6H6F4O10S2/c7-5(8,21(13,14)15)3(11)19-1-2-20-4(12)6(9,10)22(16,17)18/h1-2H2,(H,13,14,15)(H,16,17,18). The van der Waals surface area contributed by atoms with Gasteiger partial charge in [0, 0.05) is 0 Å². The molecule has 0 saturated heterocycles. The Hall–Kier alpha value is -1.52. The number of ether oxygens (including phenoxy) is 2. The zero-order valence-electron chi connectivity index (χ0n) is 9.90. The maximum atomic E-state index is 12.6. The van der Waals surface area contributed by atoms with Gasteiger partial charge in [-0.1, -0.05) is 0 Å². The van der Waals surface area contributed by atoms with Gasteiger partial charge in [0.25, 0.3) is 0 Å². The van der Waals surface area contributed by atoms with Crippen molar-refractivity contribution in [1.29, 1.82) is 0 Å². The van der Waals surface area contributed by atoms with Gasteiger partial charge in [0.15, 0.2) is 0 Å². The number of carbonyl (C=O) groups is 2. The Morgan fingerprint density at radius 1 is 0.773 bits per heavy atom. The molecule has 0 aliphatic heterocycles. The minimum absolute atomic E-state index is 1.38. The minimum atomic E-state index is -6.15. The molecule has 0 amide bonds. The van der Waals surface area contributed by atoms with E-state index in [1.807, 2.05) is 0 Å². The van der Waals surface area contributed by atoms with Crippen LogP contribution in [0, 0.1) is 0 Å². The fraction of sp³-hybridized carbons (Fsp3) is 0.667. The lowest BCUT2D eigenvalue weighted by atomic mass is 10.6. The molecule has 0 bridgehead atoms. The Kier molecular flexibility index (Phi) is 5.87. The maximum absolute atomic E-state index is 12.6. The quantitative estimate of drug-likeness (QED) is 0.244. The van der Waals surface area contributed by atoms with Gasteiger partial charge in [-0.05, 0) is 0 Å². The highest BCUT2D eigenvalue weighted by atomic mass is 32.2. The van der Waals surface area contributed by atoms with Gasteiger partial charge in [-0.2, -0.15) is 34.4 Å². The first kappa shape index (κ1) is 20.5. The van der Waals surface area contributed by atoms with Crippen LogP contribution in [-0.2, 0) is 39.3 Å². The molecule has 0 saturated carbocycles. The fourth-order valence-electron chi connectivity index (χ4n) is 0.647. The molecule has 16 heteroatoms. The molecule has 0 fully saturated rings. The van der Waals surface area contributed by atoms with Crippen molar-refractivity contribution in [1.82, 2.24) is 0 Å². The average Bonchev–Trinajstić information content (AvgIpc) is 2.30. The molecule has 0 aromatic carbocycles. The van der Waals surface area contributed by atoms with Crippen molar-refractivity contribution in [2.75, 3.05) is 13.2 Å². The Morgan fingerprint density at radius 3 is 1.18 bits per heavy atom. The van der Waals surface area contributed by atoms with Crippen molar-refractivity contribution in [2.45, 2.75) is 10.5 Å². The van der Waals surface area contributed by atoms with Crippen LogP contribution in [0.1, 0.15) is 0 Å². The summed E-state index contributed by atoms with van der Waals surface area (Å²) in [5.74, 6) is -5.60. The van der Waals surface area contributed by atoms with Gasteiger partial charge in [-0.3, -0.25) is 9.11 Å².